The maximum atomic E-state index is 10.4. The second kappa shape index (κ2) is 14.5. The molecule has 0 fully saturated rings. The molecule has 0 saturated carbocycles. The van der Waals surface area contributed by atoms with E-state index < -0.39 is 5.97 Å². The van der Waals surface area contributed by atoms with E-state index in [4.69, 9.17) is 24.1 Å². The van der Waals surface area contributed by atoms with E-state index in [1.165, 1.54) is 11.1 Å². The molecule has 0 aromatic heterocycles. The van der Waals surface area contributed by atoms with Gasteiger partial charge in [0.25, 0.3) is 0 Å². The van der Waals surface area contributed by atoms with E-state index in [9.17, 15) is 4.79 Å². The summed E-state index contributed by atoms with van der Waals surface area (Å²) in [6.07, 6.45) is 1.90. The van der Waals surface area contributed by atoms with Crippen molar-refractivity contribution in [3.8, 4) is 11.8 Å². The summed E-state index contributed by atoms with van der Waals surface area (Å²) in [7, 11) is 0. The zero-order valence-electron chi connectivity index (χ0n) is 19.0. The summed E-state index contributed by atoms with van der Waals surface area (Å²) in [5.41, 5.74) is 4.80. The van der Waals surface area contributed by atoms with Gasteiger partial charge in [0, 0.05) is 17.7 Å². The summed E-state index contributed by atoms with van der Waals surface area (Å²) in [5, 5.41) is 8.51. The fraction of sp³-hybridized carbons (Fsp3) is 0.444. The van der Waals surface area contributed by atoms with E-state index in [1.54, 1.807) is 0 Å². The highest BCUT2D eigenvalue weighted by Gasteiger charge is 2.18. The van der Waals surface area contributed by atoms with Crippen molar-refractivity contribution in [1.29, 1.82) is 0 Å². The number of hydrogen-bond acceptors (Lipinski definition) is 5. The van der Waals surface area contributed by atoms with E-state index in [2.05, 4.69) is 48.2 Å². The van der Waals surface area contributed by atoms with Crippen LogP contribution in [0.15, 0.2) is 48.5 Å². The zero-order chi connectivity index (χ0) is 23.1. The van der Waals surface area contributed by atoms with Crippen LogP contribution in [0.4, 0.5) is 0 Å². The van der Waals surface area contributed by atoms with Crippen molar-refractivity contribution < 1.29 is 28.8 Å². The molecule has 2 aromatic rings. The summed E-state index contributed by atoms with van der Waals surface area (Å²) in [6, 6.07) is 16.8. The fourth-order valence-corrected chi connectivity index (χ4v) is 3.70. The van der Waals surface area contributed by atoms with Gasteiger partial charge in [-0.05, 0) is 42.0 Å². The lowest BCUT2D eigenvalue weighted by Gasteiger charge is -2.21. The molecule has 1 aliphatic rings. The summed E-state index contributed by atoms with van der Waals surface area (Å²) in [5.74, 6) is 6.18. The minimum atomic E-state index is -0.860. The molecule has 1 atom stereocenters. The highest BCUT2D eigenvalue weighted by molar-refractivity contribution is 5.66. The molecule has 0 heterocycles. The van der Waals surface area contributed by atoms with Gasteiger partial charge in [-0.15, -0.1) is 0 Å². The van der Waals surface area contributed by atoms with Gasteiger partial charge in [-0.3, -0.25) is 4.79 Å². The van der Waals surface area contributed by atoms with E-state index in [0.29, 0.717) is 52.2 Å². The average molecular weight is 453 g/mol. The van der Waals surface area contributed by atoms with Crippen molar-refractivity contribution in [3.05, 3.63) is 70.8 Å². The number of rotatable bonds is 15. The lowest BCUT2D eigenvalue weighted by atomic mass is 9.84. The third kappa shape index (κ3) is 8.99. The average Bonchev–Trinajstić information content (AvgIpc) is 2.81. The molecule has 6 nitrogen and oxygen atoms in total. The van der Waals surface area contributed by atoms with Crippen molar-refractivity contribution in [3.63, 3.8) is 0 Å². The first-order valence-corrected chi connectivity index (χ1v) is 11.5. The predicted molar refractivity (Wildman–Crippen MR) is 125 cm³/mol. The Hall–Kier alpha value is -2.69. The molecule has 0 bridgehead atoms. The minimum absolute atomic E-state index is 0.0117. The molecule has 1 aliphatic carbocycles. The Labute approximate surface area is 195 Å². The number of ether oxygens (including phenoxy) is 4. The number of aliphatic carboxylic acids is 1. The van der Waals surface area contributed by atoms with Crippen molar-refractivity contribution >= 4 is 5.97 Å². The van der Waals surface area contributed by atoms with E-state index in [-0.39, 0.29) is 13.0 Å². The first-order chi connectivity index (χ1) is 16.2. The Bertz CT molecular complexity index is 929. The maximum Gasteiger partial charge on any atom is 0.305 e. The monoisotopic (exact) mass is 452 g/mol. The molecule has 176 valence electrons. The molecule has 2 aromatic carbocycles. The highest BCUT2D eigenvalue weighted by atomic mass is 16.6. The molecule has 33 heavy (non-hydrogen) atoms. The van der Waals surface area contributed by atoms with Crippen LogP contribution >= 0.6 is 0 Å². The van der Waals surface area contributed by atoms with Crippen LogP contribution in [0.3, 0.4) is 0 Å². The Morgan fingerprint density at radius 2 is 1.30 bits per heavy atom. The predicted octanol–water partition coefficient (Wildman–Crippen LogP) is 3.66. The Kier molecular flexibility index (Phi) is 10.9. The summed E-state index contributed by atoms with van der Waals surface area (Å²) >= 11 is 0. The number of carbonyl (C=O) groups is 1. The van der Waals surface area contributed by atoms with Gasteiger partial charge in [-0.25, -0.2) is 0 Å². The van der Waals surface area contributed by atoms with Crippen LogP contribution < -0.4 is 0 Å². The second-order valence-electron chi connectivity index (χ2n) is 7.78. The van der Waals surface area contributed by atoms with Gasteiger partial charge in [0.05, 0.1) is 52.7 Å². The first-order valence-electron chi connectivity index (χ1n) is 11.5. The van der Waals surface area contributed by atoms with E-state index >= 15 is 0 Å². The molecular formula is C27H32O6. The Morgan fingerprint density at radius 1 is 0.758 bits per heavy atom. The summed E-state index contributed by atoms with van der Waals surface area (Å²) < 4.78 is 21.9. The van der Waals surface area contributed by atoms with E-state index in [0.717, 1.165) is 24.0 Å². The molecule has 0 radical (unpaired) electrons. The lowest BCUT2D eigenvalue weighted by molar-refractivity contribution is -0.138. The van der Waals surface area contributed by atoms with Crippen LogP contribution in [0, 0.1) is 11.8 Å². The van der Waals surface area contributed by atoms with Gasteiger partial charge in [0.2, 0.25) is 0 Å². The number of fused-ring (bicyclic) bond motifs is 2. The molecule has 1 N–H and O–H groups in total. The van der Waals surface area contributed by atoms with Crippen molar-refractivity contribution in [1.82, 2.24) is 0 Å². The van der Waals surface area contributed by atoms with Crippen LogP contribution in [0.25, 0.3) is 0 Å². The second-order valence-corrected chi connectivity index (χ2v) is 7.78. The van der Waals surface area contributed by atoms with Gasteiger partial charge in [-0.2, -0.15) is 0 Å². The molecule has 3 rings (SSSR count). The minimum Gasteiger partial charge on any atom is -0.481 e. The van der Waals surface area contributed by atoms with Crippen LogP contribution in [0.5, 0.6) is 0 Å². The smallest absolute Gasteiger partial charge is 0.305 e. The van der Waals surface area contributed by atoms with Crippen molar-refractivity contribution in [2.24, 2.45) is 0 Å². The number of hydrogen-bond donors (Lipinski definition) is 1. The van der Waals surface area contributed by atoms with Crippen LogP contribution in [0.1, 0.15) is 41.0 Å². The van der Waals surface area contributed by atoms with Crippen molar-refractivity contribution in [2.45, 2.75) is 25.2 Å². The standard InChI is InChI=1S/C27H32O6/c28-27(29)12-14-31-16-18-33-20-19-32-17-15-30-13-11-25-21-24-7-2-1-5-22(24)9-10-23-6-3-4-8-26(23)25/h1-8,25H,11-21H2,(H,28,29). The number of carboxylic acids is 1. The van der Waals surface area contributed by atoms with Gasteiger partial charge in [0.1, 0.15) is 0 Å². The number of carboxylic acid groups (broad SMARTS) is 1. The van der Waals surface area contributed by atoms with Crippen LogP contribution in [-0.4, -0.2) is 63.9 Å². The fourth-order valence-electron chi connectivity index (χ4n) is 3.70. The highest BCUT2D eigenvalue weighted by Crippen LogP contribution is 2.29. The normalized spacial score (nSPS) is 14.4. The van der Waals surface area contributed by atoms with Crippen molar-refractivity contribution in [2.75, 3.05) is 52.9 Å². The molecule has 6 heteroatoms. The largest absolute Gasteiger partial charge is 0.481 e. The molecule has 0 spiro atoms. The molecule has 0 amide bonds. The number of benzene rings is 2. The Morgan fingerprint density at radius 3 is 2.00 bits per heavy atom. The topological polar surface area (TPSA) is 74.2 Å². The molecule has 0 saturated heterocycles. The molecular weight excluding hydrogens is 420 g/mol. The summed E-state index contributed by atoms with van der Waals surface area (Å²) in [4.78, 5) is 10.4. The van der Waals surface area contributed by atoms with Gasteiger partial charge in [-0.1, -0.05) is 48.2 Å². The van der Waals surface area contributed by atoms with Crippen LogP contribution in [-0.2, 0) is 30.2 Å². The third-order valence-electron chi connectivity index (χ3n) is 5.40. The molecule has 0 aliphatic heterocycles. The summed E-state index contributed by atoms with van der Waals surface area (Å²) in [6.45, 7) is 3.72. The molecule has 1 unspecified atom stereocenters. The maximum absolute atomic E-state index is 10.4. The van der Waals surface area contributed by atoms with Gasteiger partial charge < -0.3 is 24.1 Å². The third-order valence-corrected chi connectivity index (χ3v) is 5.40. The van der Waals surface area contributed by atoms with E-state index in [1.807, 2.05) is 12.1 Å². The quantitative estimate of drug-likeness (QED) is 0.328. The van der Waals surface area contributed by atoms with Gasteiger partial charge >= 0.3 is 5.97 Å². The SMILES string of the molecule is O=C(O)CCOCCOCCOCCOCCC1Cc2ccccc2C#Cc2ccccc21. The zero-order valence-corrected chi connectivity index (χ0v) is 19.0. The van der Waals surface area contributed by atoms with Gasteiger partial charge in [0.15, 0.2) is 0 Å². The lowest BCUT2D eigenvalue weighted by Crippen LogP contribution is -2.14. The van der Waals surface area contributed by atoms with Crippen LogP contribution in [0.2, 0.25) is 0 Å². The Balaban J connectivity index is 1.30. The first kappa shape index (κ1) is 24.9.